The molecule has 2 amide bonds. The van der Waals surface area contributed by atoms with E-state index in [4.69, 9.17) is 4.74 Å². The van der Waals surface area contributed by atoms with E-state index in [9.17, 15) is 18.0 Å². The third kappa shape index (κ3) is 4.66. The second-order valence-corrected chi connectivity index (χ2v) is 7.94. The molecule has 1 atom stereocenters. The molecule has 0 saturated carbocycles. The summed E-state index contributed by atoms with van der Waals surface area (Å²) < 4.78 is 30.6. The van der Waals surface area contributed by atoms with E-state index in [1.54, 1.807) is 54.0 Å². The molecule has 1 aliphatic heterocycles. The summed E-state index contributed by atoms with van der Waals surface area (Å²) in [4.78, 5) is 27.7. The van der Waals surface area contributed by atoms with E-state index in [1.807, 2.05) is 0 Å². The van der Waals surface area contributed by atoms with Crippen LogP contribution in [0.25, 0.3) is 0 Å². The molecule has 1 aromatic carbocycles. The molecular weight excluding hydrogens is 358 g/mol. The lowest BCUT2D eigenvalue weighted by atomic mass is 10.2. The monoisotopic (exact) mass is 383 g/mol. The zero-order valence-electron chi connectivity index (χ0n) is 15.3. The Balaban J connectivity index is 2.09. The molecule has 0 N–H and O–H groups in total. The van der Waals surface area contributed by atoms with Gasteiger partial charge < -0.3 is 14.5 Å². The van der Waals surface area contributed by atoms with Crippen LogP contribution in [0.5, 0.6) is 0 Å². The number of hydrogen-bond donors (Lipinski definition) is 0. The van der Waals surface area contributed by atoms with Crippen LogP contribution in [0.3, 0.4) is 0 Å². The van der Waals surface area contributed by atoms with Crippen molar-refractivity contribution in [2.45, 2.75) is 19.9 Å². The van der Waals surface area contributed by atoms with E-state index in [0.29, 0.717) is 38.5 Å². The van der Waals surface area contributed by atoms with Gasteiger partial charge in [0.1, 0.15) is 6.04 Å². The van der Waals surface area contributed by atoms with Gasteiger partial charge in [0, 0.05) is 26.2 Å². The van der Waals surface area contributed by atoms with Crippen molar-refractivity contribution in [3.05, 3.63) is 30.3 Å². The number of benzene rings is 1. The van der Waals surface area contributed by atoms with Crippen LogP contribution in [-0.2, 0) is 19.6 Å². The van der Waals surface area contributed by atoms with Crippen molar-refractivity contribution in [2.75, 3.05) is 43.3 Å². The zero-order valence-corrected chi connectivity index (χ0v) is 16.1. The Morgan fingerprint density at radius 3 is 2.15 bits per heavy atom. The number of anilines is 1. The molecule has 144 valence electrons. The van der Waals surface area contributed by atoms with E-state index in [-0.39, 0.29) is 5.91 Å². The highest BCUT2D eigenvalue weighted by atomic mass is 32.2. The highest BCUT2D eigenvalue weighted by Crippen LogP contribution is 2.21. The van der Waals surface area contributed by atoms with Crippen molar-refractivity contribution < 1.29 is 22.7 Å². The van der Waals surface area contributed by atoms with E-state index in [1.165, 1.54) is 0 Å². The van der Waals surface area contributed by atoms with Crippen molar-refractivity contribution in [3.8, 4) is 0 Å². The zero-order chi connectivity index (χ0) is 19.3. The lowest BCUT2D eigenvalue weighted by molar-refractivity contribution is -0.133. The van der Waals surface area contributed by atoms with Gasteiger partial charge in [0.25, 0.3) is 0 Å². The summed E-state index contributed by atoms with van der Waals surface area (Å²) in [6.07, 6.45) is 0.692. The van der Waals surface area contributed by atoms with Gasteiger partial charge in [0.15, 0.2) is 0 Å². The van der Waals surface area contributed by atoms with Crippen LogP contribution < -0.4 is 4.31 Å². The molecule has 1 heterocycles. The van der Waals surface area contributed by atoms with Gasteiger partial charge in [0.05, 0.1) is 18.6 Å². The van der Waals surface area contributed by atoms with Crippen LogP contribution in [0, 0.1) is 0 Å². The number of carbonyl (C=O) groups excluding carboxylic acids is 2. The Morgan fingerprint density at radius 1 is 1.12 bits per heavy atom. The molecule has 1 aliphatic rings. The summed E-state index contributed by atoms with van der Waals surface area (Å²) in [7, 11) is -3.63. The van der Waals surface area contributed by atoms with Crippen LogP contribution in [0.2, 0.25) is 0 Å². The Hall–Kier alpha value is -2.29. The molecule has 1 saturated heterocycles. The maximum absolute atomic E-state index is 12.8. The Morgan fingerprint density at radius 2 is 1.65 bits per heavy atom. The molecule has 0 unspecified atom stereocenters. The quantitative estimate of drug-likeness (QED) is 0.761. The van der Waals surface area contributed by atoms with Crippen LogP contribution in [0.1, 0.15) is 13.8 Å². The molecule has 1 fully saturated rings. The molecule has 8 nitrogen and oxygen atoms in total. The Labute approximate surface area is 154 Å². The molecule has 0 aromatic heterocycles. The lowest BCUT2D eigenvalue weighted by Gasteiger charge is -2.37. The van der Waals surface area contributed by atoms with Crippen LogP contribution in [0.15, 0.2) is 30.3 Å². The summed E-state index contributed by atoms with van der Waals surface area (Å²) in [5, 5.41) is 0. The predicted molar refractivity (Wildman–Crippen MR) is 98.4 cm³/mol. The van der Waals surface area contributed by atoms with Gasteiger partial charge in [-0.3, -0.25) is 9.10 Å². The fraction of sp³-hybridized carbons (Fsp3) is 0.529. The molecule has 9 heteroatoms. The number of sulfonamides is 1. The van der Waals surface area contributed by atoms with Crippen LogP contribution >= 0.6 is 0 Å². The minimum atomic E-state index is -3.63. The van der Waals surface area contributed by atoms with E-state index < -0.39 is 22.2 Å². The minimum absolute atomic E-state index is 0.289. The first kappa shape index (κ1) is 20.0. The first-order chi connectivity index (χ1) is 12.3. The van der Waals surface area contributed by atoms with Gasteiger partial charge in [-0.15, -0.1) is 0 Å². The molecule has 0 radical (unpaired) electrons. The second kappa shape index (κ2) is 8.39. The normalized spacial score (nSPS) is 16.1. The second-order valence-electron chi connectivity index (χ2n) is 6.08. The molecule has 1 aromatic rings. The SMILES string of the molecule is CCOC(=O)N1CCN(C(=O)[C@@H](C)N(c2ccccc2)S(C)(=O)=O)CC1. The van der Waals surface area contributed by atoms with Crippen molar-refractivity contribution in [1.29, 1.82) is 0 Å². The first-order valence-corrected chi connectivity index (χ1v) is 10.4. The molecular formula is C17H25N3O5S. The number of para-hydroxylation sites is 1. The average Bonchev–Trinajstić information content (AvgIpc) is 2.61. The van der Waals surface area contributed by atoms with Crippen LogP contribution in [-0.4, -0.2) is 75.3 Å². The average molecular weight is 383 g/mol. The van der Waals surface area contributed by atoms with E-state index >= 15 is 0 Å². The Bertz CT molecular complexity index is 730. The van der Waals surface area contributed by atoms with E-state index in [2.05, 4.69) is 0 Å². The Kier molecular flexibility index (Phi) is 6.47. The van der Waals surface area contributed by atoms with Crippen LogP contribution in [0.4, 0.5) is 10.5 Å². The van der Waals surface area contributed by atoms with Crippen molar-refractivity contribution in [2.24, 2.45) is 0 Å². The van der Waals surface area contributed by atoms with Crippen molar-refractivity contribution in [3.63, 3.8) is 0 Å². The maximum atomic E-state index is 12.8. The van der Waals surface area contributed by atoms with Gasteiger partial charge in [-0.05, 0) is 26.0 Å². The number of ether oxygens (including phenoxy) is 1. The number of hydrogen-bond acceptors (Lipinski definition) is 5. The van der Waals surface area contributed by atoms with Gasteiger partial charge in [-0.1, -0.05) is 18.2 Å². The van der Waals surface area contributed by atoms with Crippen molar-refractivity contribution >= 4 is 27.7 Å². The van der Waals surface area contributed by atoms with E-state index in [0.717, 1.165) is 10.6 Å². The van der Waals surface area contributed by atoms with Gasteiger partial charge in [0.2, 0.25) is 15.9 Å². The first-order valence-electron chi connectivity index (χ1n) is 8.50. The molecule has 0 bridgehead atoms. The summed E-state index contributed by atoms with van der Waals surface area (Å²) in [5.41, 5.74) is 0.445. The largest absolute Gasteiger partial charge is 0.450 e. The topological polar surface area (TPSA) is 87.2 Å². The standard InChI is InChI=1S/C17H25N3O5S/c1-4-25-17(22)19-12-10-18(11-13-19)16(21)14(2)20(26(3,23)24)15-8-6-5-7-9-15/h5-9,14H,4,10-13H2,1-3H3/t14-/m1/s1. The third-order valence-electron chi connectivity index (χ3n) is 4.19. The fourth-order valence-electron chi connectivity index (χ4n) is 2.97. The number of amides is 2. The summed E-state index contributed by atoms with van der Waals surface area (Å²) >= 11 is 0. The molecule has 26 heavy (non-hydrogen) atoms. The number of nitrogens with zero attached hydrogens (tertiary/aromatic N) is 3. The van der Waals surface area contributed by atoms with Gasteiger partial charge in [-0.2, -0.15) is 0 Å². The fourth-order valence-corrected chi connectivity index (χ4v) is 4.14. The van der Waals surface area contributed by atoms with Gasteiger partial charge >= 0.3 is 6.09 Å². The third-order valence-corrected chi connectivity index (χ3v) is 5.44. The summed E-state index contributed by atoms with van der Waals surface area (Å²) in [6, 6.07) is 7.67. The summed E-state index contributed by atoms with van der Waals surface area (Å²) in [6.45, 7) is 5.03. The van der Waals surface area contributed by atoms with Gasteiger partial charge in [-0.25, -0.2) is 13.2 Å². The molecule has 0 aliphatic carbocycles. The van der Waals surface area contributed by atoms with Crippen molar-refractivity contribution in [1.82, 2.24) is 9.80 Å². The number of piperazine rings is 1. The highest BCUT2D eigenvalue weighted by Gasteiger charge is 2.34. The molecule has 0 spiro atoms. The summed E-state index contributed by atoms with van der Waals surface area (Å²) in [5.74, 6) is -0.289. The highest BCUT2D eigenvalue weighted by molar-refractivity contribution is 7.92. The predicted octanol–water partition coefficient (Wildman–Crippen LogP) is 1.14. The lowest BCUT2D eigenvalue weighted by Crippen LogP contribution is -2.56. The molecule has 2 rings (SSSR count). The number of carbonyl (C=O) groups is 2. The minimum Gasteiger partial charge on any atom is -0.450 e. The number of rotatable bonds is 5. The smallest absolute Gasteiger partial charge is 0.409 e. The maximum Gasteiger partial charge on any atom is 0.409 e.